The van der Waals surface area contributed by atoms with E-state index < -0.39 is 5.78 Å². The SMILES string of the molecule is O=NC1=C(O)C2=C(CCC=C(O)C2=O)CC1. The van der Waals surface area contributed by atoms with Crippen molar-refractivity contribution in [2.75, 3.05) is 0 Å². The lowest BCUT2D eigenvalue weighted by molar-refractivity contribution is -0.114. The smallest absolute Gasteiger partial charge is 0.230 e. The molecular weight excluding hydrogens is 210 g/mol. The molecule has 0 aromatic heterocycles. The lowest BCUT2D eigenvalue weighted by Gasteiger charge is -2.17. The van der Waals surface area contributed by atoms with E-state index in [0.717, 1.165) is 5.57 Å². The number of carbonyl (C=O) groups excluding carboxylic acids is 1. The zero-order chi connectivity index (χ0) is 11.7. The zero-order valence-electron chi connectivity index (χ0n) is 8.56. The minimum atomic E-state index is -0.620. The Balaban J connectivity index is 2.53. The molecule has 2 rings (SSSR count). The first-order chi connectivity index (χ1) is 7.65. The molecule has 0 atom stereocenters. The van der Waals surface area contributed by atoms with Crippen LogP contribution >= 0.6 is 0 Å². The van der Waals surface area contributed by atoms with E-state index in [4.69, 9.17) is 0 Å². The Labute approximate surface area is 91.8 Å². The molecule has 2 N–H and O–H groups in total. The molecule has 0 radical (unpaired) electrons. The fourth-order valence-corrected chi connectivity index (χ4v) is 2.04. The normalized spacial score (nSPS) is 21.5. The van der Waals surface area contributed by atoms with Crippen LogP contribution in [0.2, 0.25) is 0 Å². The average Bonchev–Trinajstić information content (AvgIpc) is 2.41. The van der Waals surface area contributed by atoms with Crippen LogP contribution in [0.15, 0.2) is 39.6 Å². The Bertz CT molecular complexity index is 457. The van der Waals surface area contributed by atoms with Gasteiger partial charge in [0.15, 0.2) is 11.5 Å². The molecule has 0 unspecified atom stereocenters. The van der Waals surface area contributed by atoms with Crippen molar-refractivity contribution in [1.82, 2.24) is 0 Å². The molecule has 0 aromatic rings. The standard InChI is InChI=1S/C11H11NO4/c13-8-3-1-2-6-4-5-7(12-16)10(14)9(6)11(8)15/h3,13-14H,1-2,4-5H2. The van der Waals surface area contributed by atoms with Crippen LogP contribution in [0.3, 0.4) is 0 Å². The fraction of sp³-hybridized carbons (Fsp3) is 0.364. The van der Waals surface area contributed by atoms with Gasteiger partial charge in [0.2, 0.25) is 5.78 Å². The van der Waals surface area contributed by atoms with Crippen molar-refractivity contribution >= 4 is 5.78 Å². The van der Waals surface area contributed by atoms with Crippen molar-refractivity contribution in [3.8, 4) is 0 Å². The second-order valence-electron chi connectivity index (χ2n) is 3.82. The second kappa shape index (κ2) is 3.92. The van der Waals surface area contributed by atoms with Crippen molar-refractivity contribution in [3.05, 3.63) is 39.3 Å². The number of hydrogen-bond donors (Lipinski definition) is 2. The van der Waals surface area contributed by atoms with E-state index in [0.29, 0.717) is 25.7 Å². The van der Waals surface area contributed by atoms with E-state index in [1.165, 1.54) is 6.08 Å². The minimum absolute atomic E-state index is 0.0122. The van der Waals surface area contributed by atoms with Crippen molar-refractivity contribution < 1.29 is 15.0 Å². The molecule has 84 valence electrons. The summed E-state index contributed by atoms with van der Waals surface area (Å²) in [6.45, 7) is 0. The van der Waals surface area contributed by atoms with Crippen LogP contribution in [-0.4, -0.2) is 16.0 Å². The van der Waals surface area contributed by atoms with Gasteiger partial charge in [-0.05, 0) is 30.5 Å². The Hall–Kier alpha value is -1.91. The number of nitrogens with zero attached hydrogens (tertiary/aromatic N) is 1. The van der Waals surface area contributed by atoms with Gasteiger partial charge in [0.1, 0.15) is 5.70 Å². The average molecular weight is 221 g/mol. The molecule has 16 heavy (non-hydrogen) atoms. The number of hydrogen-bond acceptors (Lipinski definition) is 5. The van der Waals surface area contributed by atoms with Crippen LogP contribution < -0.4 is 0 Å². The number of Topliss-reactive ketones (excluding diaryl/α,β-unsaturated/α-hetero) is 1. The van der Waals surface area contributed by atoms with Crippen LogP contribution in [0.5, 0.6) is 0 Å². The Morgan fingerprint density at radius 2 is 1.94 bits per heavy atom. The van der Waals surface area contributed by atoms with E-state index in [1.807, 2.05) is 0 Å². The van der Waals surface area contributed by atoms with Gasteiger partial charge in [-0.25, -0.2) is 0 Å². The van der Waals surface area contributed by atoms with Crippen LogP contribution in [0, 0.1) is 4.91 Å². The van der Waals surface area contributed by atoms with Crippen LogP contribution in [0.4, 0.5) is 0 Å². The lowest BCUT2D eigenvalue weighted by Crippen LogP contribution is -2.14. The highest BCUT2D eigenvalue weighted by Crippen LogP contribution is 2.35. The molecule has 0 spiro atoms. The summed E-state index contributed by atoms with van der Waals surface area (Å²) >= 11 is 0. The molecule has 0 heterocycles. The third-order valence-electron chi connectivity index (χ3n) is 2.88. The third-order valence-corrected chi connectivity index (χ3v) is 2.88. The zero-order valence-corrected chi connectivity index (χ0v) is 8.56. The molecule has 2 aliphatic carbocycles. The van der Waals surface area contributed by atoms with E-state index >= 15 is 0 Å². The first kappa shape index (κ1) is 10.6. The van der Waals surface area contributed by atoms with Crippen molar-refractivity contribution in [2.45, 2.75) is 25.7 Å². The molecule has 0 bridgehead atoms. The van der Waals surface area contributed by atoms with Gasteiger partial charge < -0.3 is 10.2 Å². The summed E-state index contributed by atoms with van der Waals surface area (Å²) in [4.78, 5) is 22.2. The molecule has 0 aliphatic heterocycles. The maximum Gasteiger partial charge on any atom is 0.230 e. The molecule has 0 aromatic carbocycles. The summed E-state index contributed by atoms with van der Waals surface area (Å²) in [6, 6.07) is 0. The number of allylic oxidation sites excluding steroid dienone is 5. The summed E-state index contributed by atoms with van der Waals surface area (Å²) in [6.07, 6.45) is 3.49. The van der Waals surface area contributed by atoms with Gasteiger partial charge in [-0.3, -0.25) is 4.79 Å². The van der Waals surface area contributed by atoms with Gasteiger partial charge in [0.25, 0.3) is 0 Å². The second-order valence-corrected chi connectivity index (χ2v) is 3.82. The fourth-order valence-electron chi connectivity index (χ4n) is 2.04. The monoisotopic (exact) mass is 221 g/mol. The summed E-state index contributed by atoms with van der Waals surface area (Å²) in [7, 11) is 0. The van der Waals surface area contributed by atoms with Crippen LogP contribution in [0.1, 0.15) is 25.7 Å². The van der Waals surface area contributed by atoms with E-state index in [9.17, 15) is 19.9 Å². The van der Waals surface area contributed by atoms with E-state index in [2.05, 4.69) is 5.18 Å². The molecule has 0 saturated heterocycles. The quantitative estimate of drug-likeness (QED) is 0.665. The van der Waals surface area contributed by atoms with Crippen molar-refractivity contribution in [2.24, 2.45) is 5.18 Å². The van der Waals surface area contributed by atoms with Gasteiger partial charge in [-0.1, -0.05) is 5.57 Å². The number of aliphatic hydroxyl groups is 2. The Kier molecular flexibility index (Phi) is 2.60. The van der Waals surface area contributed by atoms with Crippen LogP contribution in [-0.2, 0) is 4.79 Å². The Morgan fingerprint density at radius 3 is 2.62 bits per heavy atom. The number of carbonyl (C=O) groups is 1. The van der Waals surface area contributed by atoms with Gasteiger partial charge in [0, 0.05) is 6.42 Å². The number of aliphatic hydroxyl groups excluding tert-OH is 2. The molecule has 0 saturated carbocycles. The number of rotatable bonds is 1. The van der Waals surface area contributed by atoms with Crippen molar-refractivity contribution in [1.29, 1.82) is 0 Å². The summed E-state index contributed by atoms with van der Waals surface area (Å²) < 4.78 is 0. The molecule has 0 fully saturated rings. The lowest BCUT2D eigenvalue weighted by atomic mass is 9.90. The third kappa shape index (κ3) is 1.54. The highest BCUT2D eigenvalue weighted by atomic mass is 16.3. The number of ketones is 1. The maximum atomic E-state index is 11.7. The van der Waals surface area contributed by atoms with Crippen molar-refractivity contribution in [3.63, 3.8) is 0 Å². The highest BCUT2D eigenvalue weighted by Gasteiger charge is 2.30. The van der Waals surface area contributed by atoms with Crippen LogP contribution in [0.25, 0.3) is 0 Å². The predicted octanol–water partition coefficient (Wildman–Crippen LogP) is 2.42. The number of nitroso groups, excluding NO2 is 1. The maximum absolute atomic E-state index is 11.7. The van der Waals surface area contributed by atoms with Gasteiger partial charge in [-0.15, -0.1) is 4.91 Å². The Morgan fingerprint density at radius 1 is 1.19 bits per heavy atom. The molecule has 5 nitrogen and oxygen atoms in total. The van der Waals surface area contributed by atoms with Gasteiger partial charge >= 0.3 is 0 Å². The topological polar surface area (TPSA) is 87.0 Å². The summed E-state index contributed by atoms with van der Waals surface area (Å²) in [5.74, 6) is -1.36. The first-order valence-electron chi connectivity index (χ1n) is 5.07. The highest BCUT2D eigenvalue weighted by molar-refractivity contribution is 6.10. The largest absolute Gasteiger partial charge is 0.505 e. The summed E-state index contributed by atoms with van der Waals surface area (Å²) in [5, 5.41) is 21.9. The first-order valence-corrected chi connectivity index (χ1v) is 5.07. The molecule has 0 amide bonds. The van der Waals surface area contributed by atoms with E-state index in [1.54, 1.807) is 0 Å². The van der Waals surface area contributed by atoms with E-state index in [-0.39, 0.29) is 22.8 Å². The molecular formula is C11H11NO4. The van der Waals surface area contributed by atoms with Gasteiger partial charge in [-0.2, -0.15) is 0 Å². The van der Waals surface area contributed by atoms with Gasteiger partial charge in [0.05, 0.1) is 5.57 Å². The minimum Gasteiger partial charge on any atom is -0.505 e. The molecule has 5 heteroatoms. The molecule has 2 aliphatic rings. The predicted molar refractivity (Wildman–Crippen MR) is 56.7 cm³/mol. The summed E-state index contributed by atoms with van der Waals surface area (Å²) in [5.41, 5.74) is 0.837.